The Bertz CT molecular complexity index is 536. The van der Waals surface area contributed by atoms with Crippen molar-refractivity contribution in [1.29, 1.82) is 0 Å². The van der Waals surface area contributed by atoms with E-state index in [9.17, 15) is 19.8 Å². The Morgan fingerprint density at radius 2 is 1.82 bits per heavy atom. The van der Waals surface area contributed by atoms with E-state index in [1.165, 1.54) is 13.0 Å². The van der Waals surface area contributed by atoms with Crippen LogP contribution in [0.5, 0.6) is 0 Å². The molecule has 0 bridgehead atoms. The van der Waals surface area contributed by atoms with Crippen molar-refractivity contribution in [2.75, 3.05) is 5.75 Å². The second-order valence-corrected chi connectivity index (χ2v) is 7.10. The van der Waals surface area contributed by atoms with Crippen LogP contribution in [0.3, 0.4) is 0 Å². The monoisotopic (exact) mass is 326 g/mol. The van der Waals surface area contributed by atoms with E-state index in [0.717, 1.165) is 11.8 Å². The Balaban J connectivity index is 2.95. The molecule has 6 heteroatoms. The highest BCUT2D eigenvalue weighted by Crippen LogP contribution is 2.25. The first-order chi connectivity index (χ1) is 10.1. The minimum atomic E-state index is -1.27. The molecular formula is C16H22O5S. The Hall–Kier alpha value is -1.37. The van der Waals surface area contributed by atoms with Crippen molar-refractivity contribution in [1.82, 2.24) is 0 Å². The van der Waals surface area contributed by atoms with Gasteiger partial charge in [-0.05, 0) is 32.4 Å². The molecule has 0 spiro atoms. The lowest BCUT2D eigenvalue weighted by molar-refractivity contribution is -0.109. The van der Waals surface area contributed by atoms with E-state index in [1.54, 1.807) is 39.0 Å². The lowest BCUT2D eigenvalue weighted by Gasteiger charge is -2.23. The Labute approximate surface area is 134 Å². The van der Waals surface area contributed by atoms with E-state index in [2.05, 4.69) is 0 Å². The number of carbonyl (C=O) groups excluding carboxylic acids is 2. The molecule has 2 N–H and O–H groups in total. The molecule has 1 rings (SSSR count). The van der Waals surface area contributed by atoms with E-state index in [0.29, 0.717) is 0 Å². The molecule has 5 nitrogen and oxygen atoms in total. The Morgan fingerprint density at radius 1 is 1.23 bits per heavy atom. The zero-order valence-corrected chi connectivity index (χ0v) is 14.0. The minimum absolute atomic E-state index is 0.0547. The molecule has 0 radical (unpaired) electrons. The molecule has 0 aromatic heterocycles. The topological polar surface area (TPSA) is 83.8 Å². The van der Waals surface area contributed by atoms with Crippen LogP contribution in [0.4, 0.5) is 0 Å². The first-order valence-corrected chi connectivity index (χ1v) is 7.92. The first-order valence-electron chi connectivity index (χ1n) is 6.93. The Kier molecular flexibility index (Phi) is 6.59. The van der Waals surface area contributed by atoms with E-state index < -0.39 is 23.8 Å². The molecule has 0 fully saturated rings. The summed E-state index contributed by atoms with van der Waals surface area (Å²) in [5.74, 6) is -0.507. The lowest BCUT2D eigenvalue weighted by atomic mass is 9.99. The number of carbonyl (C=O) groups is 2. The number of hydrogen-bond donors (Lipinski definition) is 2. The fraction of sp³-hybridized carbons (Fsp3) is 0.500. The average Bonchev–Trinajstić information content (AvgIpc) is 2.42. The van der Waals surface area contributed by atoms with Crippen molar-refractivity contribution in [2.24, 2.45) is 0 Å². The van der Waals surface area contributed by atoms with Gasteiger partial charge in [0, 0.05) is 12.7 Å². The molecule has 0 saturated heterocycles. The molecule has 2 atom stereocenters. The highest BCUT2D eigenvalue weighted by molar-refractivity contribution is 8.13. The summed E-state index contributed by atoms with van der Waals surface area (Å²) in [6.07, 6.45) is -2.42. The first kappa shape index (κ1) is 18.7. The fourth-order valence-corrected chi connectivity index (χ4v) is 2.36. The zero-order valence-electron chi connectivity index (χ0n) is 13.2. The summed E-state index contributed by atoms with van der Waals surface area (Å²) in [5.41, 5.74) is -0.164. The molecule has 2 unspecified atom stereocenters. The third-order valence-corrected chi connectivity index (χ3v) is 3.63. The number of esters is 1. The summed E-state index contributed by atoms with van der Waals surface area (Å²) in [5, 5.41) is 20.1. The number of thioether (sulfide) groups is 1. The van der Waals surface area contributed by atoms with Crippen LogP contribution >= 0.6 is 11.8 Å². The average molecular weight is 326 g/mol. The quantitative estimate of drug-likeness (QED) is 0.808. The van der Waals surface area contributed by atoms with Crippen LogP contribution in [0.2, 0.25) is 0 Å². The second kappa shape index (κ2) is 7.76. The van der Waals surface area contributed by atoms with Crippen LogP contribution in [0.15, 0.2) is 24.3 Å². The van der Waals surface area contributed by atoms with E-state index in [4.69, 9.17) is 4.74 Å². The largest absolute Gasteiger partial charge is 0.456 e. The summed E-state index contributed by atoms with van der Waals surface area (Å²) in [4.78, 5) is 23.1. The number of hydrogen-bond acceptors (Lipinski definition) is 6. The van der Waals surface area contributed by atoms with Gasteiger partial charge < -0.3 is 14.9 Å². The molecule has 122 valence electrons. The summed E-state index contributed by atoms with van der Waals surface area (Å²) < 4.78 is 5.30. The number of aliphatic hydroxyl groups excluding tert-OH is 2. The number of rotatable bonds is 5. The van der Waals surface area contributed by atoms with Crippen molar-refractivity contribution in [2.45, 2.75) is 45.5 Å². The second-order valence-electron chi connectivity index (χ2n) is 5.90. The highest BCUT2D eigenvalue weighted by atomic mass is 32.2. The molecule has 0 aliphatic rings. The standard InChI is InChI=1S/C16H22O5S/c1-10(17)22-9-13(18)14(19)11-7-5-6-8-12(11)15(20)21-16(2,3)4/h5-8,13-14,18-19H,9H2,1-4H3. The lowest BCUT2D eigenvalue weighted by Crippen LogP contribution is -2.27. The molecule has 22 heavy (non-hydrogen) atoms. The molecule has 0 aliphatic heterocycles. The van der Waals surface area contributed by atoms with Gasteiger partial charge in [0.2, 0.25) is 0 Å². The van der Waals surface area contributed by atoms with Gasteiger partial charge in [-0.15, -0.1) is 0 Å². The number of aliphatic hydroxyl groups is 2. The molecule has 0 saturated carbocycles. The van der Waals surface area contributed by atoms with Crippen LogP contribution in [0, 0.1) is 0 Å². The van der Waals surface area contributed by atoms with Gasteiger partial charge in [-0.25, -0.2) is 4.79 Å². The Morgan fingerprint density at radius 3 is 2.36 bits per heavy atom. The summed E-state index contributed by atoms with van der Waals surface area (Å²) in [6, 6.07) is 6.42. The third-order valence-electron chi connectivity index (χ3n) is 2.72. The third kappa shape index (κ3) is 5.79. The molecule has 1 aromatic carbocycles. The van der Waals surface area contributed by atoms with Crippen molar-refractivity contribution < 1.29 is 24.5 Å². The maximum atomic E-state index is 12.2. The maximum absolute atomic E-state index is 12.2. The molecule has 1 aromatic rings. The van der Waals surface area contributed by atoms with E-state index in [-0.39, 0.29) is 22.0 Å². The highest BCUT2D eigenvalue weighted by Gasteiger charge is 2.26. The van der Waals surface area contributed by atoms with Gasteiger partial charge in [0.25, 0.3) is 0 Å². The fourth-order valence-electron chi connectivity index (χ4n) is 1.78. The summed E-state index contributed by atoms with van der Waals surface area (Å²) >= 11 is 0.922. The SMILES string of the molecule is CC(=O)SCC(O)C(O)c1ccccc1C(=O)OC(C)(C)C. The van der Waals surface area contributed by atoms with Crippen molar-refractivity contribution in [3.8, 4) is 0 Å². The van der Waals surface area contributed by atoms with Gasteiger partial charge in [0.05, 0.1) is 11.7 Å². The van der Waals surface area contributed by atoms with E-state index >= 15 is 0 Å². The van der Waals surface area contributed by atoms with Crippen LogP contribution < -0.4 is 0 Å². The van der Waals surface area contributed by atoms with E-state index in [1.807, 2.05) is 0 Å². The predicted molar refractivity (Wildman–Crippen MR) is 85.7 cm³/mol. The minimum Gasteiger partial charge on any atom is -0.456 e. The van der Waals surface area contributed by atoms with Crippen molar-refractivity contribution in [3.63, 3.8) is 0 Å². The smallest absolute Gasteiger partial charge is 0.339 e. The van der Waals surface area contributed by atoms with Crippen LogP contribution in [0.1, 0.15) is 49.7 Å². The van der Waals surface area contributed by atoms with Crippen LogP contribution in [-0.2, 0) is 9.53 Å². The van der Waals surface area contributed by atoms with Gasteiger partial charge in [-0.2, -0.15) is 0 Å². The van der Waals surface area contributed by atoms with Crippen LogP contribution in [-0.4, -0.2) is 38.8 Å². The maximum Gasteiger partial charge on any atom is 0.339 e. The predicted octanol–water partition coefficient (Wildman–Crippen LogP) is 2.32. The molecular weight excluding hydrogens is 304 g/mol. The molecule has 0 heterocycles. The van der Waals surface area contributed by atoms with Gasteiger partial charge in [0.1, 0.15) is 11.7 Å². The molecule has 0 amide bonds. The van der Waals surface area contributed by atoms with Gasteiger partial charge >= 0.3 is 5.97 Å². The normalized spacial score (nSPS) is 14.3. The van der Waals surface area contributed by atoms with Gasteiger partial charge in [-0.3, -0.25) is 4.79 Å². The molecule has 0 aliphatic carbocycles. The summed E-state index contributed by atoms with van der Waals surface area (Å²) in [6.45, 7) is 6.64. The van der Waals surface area contributed by atoms with Crippen molar-refractivity contribution >= 4 is 22.8 Å². The van der Waals surface area contributed by atoms with Gasteiger partial charge in [-0.1, -0.05) is 30.0 Å². The van der Waals surface area contributed by atoms with Gasteiger partial charge in [0.15, 0.2) is 5.12 Å². The number of benzene rings is 1. The summed E-state index contributed by atoms with van der Waals surface area (Å²) in [7, 11) is 0. The van der Waals surface area contributed by atoms with Crippen LogP contribution in [0.25, 0.3) is 0 Å². The van der Waals surface area contributed by atoms with Crippen molar-refractivity contribution in [3.05, 3.63) is 35.4 Å². The number of ether oxygens (including phenoxy) is 1. The zero-order chi connectivity index (χ0) is 16.9.